The number of nitrogens with zero attached hydrogens (tertiary/aromatic N) is 2. The molecule has 0 spiro atoms. The van der Waals surface area contributed by atoms with Crippen LogP contribution in [0.5, 0.6) is 5.88 Å². The van der Waals surface area contributed by atoms with E-state index in [-0.39, 0.29) is 0 Å². The van der Waals surface area contributed by atoms with Crippen molar-refractivity contribution in [1.82, 2.24) is 15.0 Å². The van der Waals surface area contributed by atoms with Crippen LogP contribution in [0.3, 0.4) is 0 Å². The molecule has 0 unspecified atom stereocenters. The van der Waals surface area contributed by atoms with Gasteiger partial charge in [-0.1, -0.05) is 19.3 Å². The molecule has 2 aromatic heterocycles. The molecule has 0 aromatic carbocycles. The van der Waals surface area contributed by atoms with E-state index in [0.717, 1.165) is 29.3 Å². The number of hydrogen-bond acceptors (Lipinski definition) is 3. The fraction of sp³-hybridized carbons (Fsp3) is 0.500. The van der Waals surface area contributed by atoms with Crippen molar-refractivity contribution in [2.24, 2.45) is 5.92 Å². The van der Waals surface area contributed by atoms with Crippen molar-refractivity contribution in [1.29, 1.82) is 0 Å². The molecule has 0 amide bonds. The van der Waals surface area contributed by atoms with Gasteiger partial charge in [0.05, 0.1) is 12.6 Å². The zero-order valence-corrected chi connectivity index (χ0v) is 9.36. The molecule has 2 heterocycles. The Hall–Kier alpha value is -1.58. The van der Waals surface area contributed by atoms with Crippen LogP contribution in [0.15, 0.2) is 12.1 Å². The number of methoxy groups -OCH3 is 1. The van der Waals surface area contributed by atoms with Crippen molar-refractivity contribution >= 4 is 11.2 Å². The van der Waals surface area contributed by atoms with Crippen LogP contribution >= 0.6 is 0 Å². The summed E-state index contributed by atoms with van der Waals surface area (Å²) < 4.78 is 5.08. The lowest BCUT2D eigenvalue weighted by Crippen LogP contribution is -2.14. The lowest BCUT2D eigenvalue weighted by Gasteiger charge is -2.23. The number of ether oxygens (including phenoxy) is 1. The van der Waals surface area contributed by atoms with Gasteiger partial charge in [-0.3, -0.25) is 0 Å². The molecule has 1 saturated carbocycles. The van der Waals surface area contributed by atoms with Gasteiger partial charge in [-0.25, -0.2) is 4.98 Å². The fourth-order valence-electron chi connectivity index (χ4n) is 2.11. The van der Waals surface area contributed by atoms with Gasteiger partial charge in [0.1, 0.15) is 5.82 Å². The minimum atomic E-state index is 0.620. The maximum absolute atomic E-state index is 5.08. The number of imidazole rings is 1. The summed E-state index contributed by atoms with van der Waals surface area (Å²) in [5, 5.41) is 0. The van der Waals surface area contributed by atoms with Crippen molar-refractivity contribution in [3.05, 3.63) is 18.0 Å². The third-order valence-corrected chi connectivity index (χ3v) is 3.29. The topological polar surface area (TPSA) is 50.8 Å². The second-order valence-corrected chi connectivity index (χ2v) is 4.41. The molecule has 16 heavy (non-hydrogen) atoms. The smallest absolute Gasteiger partial charge is 0.215 e. The molecule has 1 aliphatic rings. The highest BCUT2D eigenvalue weighted by molar-refractivity contribution is 5.71. The maximum atomic E-state index is 5.08. The van der Waals surface area contributed by atoms with E-state index >= 15 is 0 Å². The first-order chi connectivity index (χ1) is 7.85. The summed E-state index contributed by atoms with van der Waals surface area (Å²) in [5.41, 5.74) is 1.75. The maximum Gasteiger partial charge on any atom is 0.215 e. The number of nitrogens with one attached hydrogen (secondary N) is 1. The Morgan fingerprint density at radius 3 is 2.94 bits per heavy atom. The average Bonchev–Trinajstić information content (AvgIpc) is 2.64. The van der Waals surface area contributed by atoms with Crippen molar-refractivity contribution in [2.45, 2.75) is 25.7 Å². The molecule has 0 saturated heterocycles. The number of aromatic amines is 1. The summed E-state index contributed by atoms with van der Waals surface area (Å²) in [6.07, 6.45) is 5.11. The van der Waals surface area contributed by atoms with Gasteiger partial charge < -0.3 is 9.72 Å². The number of rotatable bonds is 3. The lowest BCUT2D eigenvalue weighted by molar-refractivity contribution is 0.310. The highest BCUT2D eigenvalue weighted by Crippen LogP contribution is 2.29. The molecular formula is C12H15N3O. The zero-order chi connectivity index (χ0) is 11.0. The third kappa shape index (κ3) is 1.64. The number of H-pyrrole nitrogens is 1. The van der Waals surface area contributed by atoms with E-state index in [1.807, 2.05) is 12.1 Å². The summed E-state index contributed by atoms with van der Waals surface area (Å²) in [6.45, 7) is 0. The second-order valence-electron chi connectivity index (χ2n) is 4.41. The van der Waals surface area contributed by atoms with E-state index in [2.05, 4.69) is 15.0 Å². The monoisotopic (exact) mass is 217 g/mol. The third-order valence-electron chi connectivity index (χ3n) is 3.29. The molecule has 2 aromatic rings. The van der Waals surface area contributed by atoms with Gasteiger partial charge in [-0.2, -0.15) is 4.98 Å². The molecule has 3 rings (SSSR count). The zero-order valence-electron chi connectivity index (χ0n) is 9.36. The summed E-state index contributed by atoms with van der Waals surface area (Å²) in [6, 6.07) is 3.83. The molecule has 0 bridgehead atoms. The first-order valence-corrected chi connectivity index (χ1v) is 5.75. The van der Waals surface area contributed by atoms with Crippen LogP contribution in [0.4, 0.5) is 0 Å². The predicted octanol–water partition coefficient (Wildman–Crippen LogP) is 2.31. The van der Waals surface area contributed by atoms with Crippen LogP contribution in [-0.2, 0) is 6.42 Å². The Morgan fingerprint density at radius 1 is 1.38 bits per heavy atom. The Kier molecular flexibility index (Phi) is 2.27. The largest absolute Gasteiger partial charge is 0.481 e. The van der Waals surface area contributed by atoms with Crippen LogP contribution in [0, 0.1) is 5.92 Å². The molecule has 0 aliphatic heterocycles. The first kappa shape index (κ1) is 9.63. The SMILES string of the molecule is COc1ccc2[nH]c(CC3CCC3)nc2n1. The highest BCUT2D eigenvalue weighted by Gasteiger charge is 2.19. The van der Waals surface area contributed by atoms with Gasteiger partial charge in [0.15, 0.2) is 5.65 Å². The van der Waals surface area contributed by atoms with Gasteiger partial charge in [0.25, 0.3) is 0 Å². The van der Waals surface area contributed by atoms with Crippen molar-refractivity contribution in [3.63, 3.8) is 0 Å². The van der Waals surface area contributed by atoms with Crippen molar-refractivity contribution in [3.8, 4) is 5.88 Å². The quantitative estimate of drug-likeness (QED) is 0.858. The van der Waals surface area contributed by atoms with E-state index in [0.29, 0.717) is 5.88 Å². The van der Waals surface area contributed by atoms with Crippen LogP contribution in [0.1, 0.15) is 25.1 Å². The van der Waals surface area contributed by atoms with Crippen LogP contribution in [0.2, 0.25) is 0 Å². The summed E-state index contributed by atoms with van der Waals surface area (Å²) >= 11 is 0. The van der Waals surface area contributed by atoms with Crippen molar-refractivity contribution in [2.75, 3.05) is 7.11 Å². The fourth-order valence-corrected chi connectivity index (χ4v) is 2.11. The molecular weight excluding hydrogens is 202 g/mol. The standard InChI is InChI=1S/C12H15N3O/c1-16-11-6-5-9-12(15-11)14-10(13-9)7-8-3-2-4-8/h5-6,8H,2-4,7H2,1H3,(H,13,14,15). The van der Waals surface area contributed by atoms with E-state index in [4.69, 9.17) is 4.74 Å². The number of pyridine rings is 1. The Bertz CT molecular complexity index is 502. The number of fused-ring (bicyclic) bond motifs is 1. The van der Waals surface area contributed by atoms with E-state index in [9.17, 15) is 0 Å². The van der Waals surface area contributed by atoms with Gasteiger partial charge in [-0.05, 0) is 12.0 Å². The first-order valence-electron chi connectivity index (χ1n) is 5.75. The van der Waals surface area contributed by atoms with E-state index < -0.39 is 0 Å². The molecule has 1 aliphatic carbocycles. The highest BCUT2D eigenvalue weighted by atomic mass is 16.5. The normalized spacial score (nSPS) is 16.3. The van der Waals surface area contributed by atoms with Gasteiger partial charge in [0.2, 0.25) is 5.88 Å². The average molecular weight is 217 g/mol. The van der Waals surface area contributed by atoms with Gasteiger partial charge in [0, 0.05) is 12.5 Å². The molecule has 4 heteroatoms. The van der Waals surface area contributed by atoms with Crippen LogP contribution in [-0.4, -0.2) is 22.1 Å². The molecule has 0 radical (unpaired) electrons. The Labute approximate surface area is 94.1 Å². The molecule has 1 fully saturated rings. The minimum absolute atomic E-state index is 0.620. The number of aromatic nitrogens is 3. The predicted molar refractivity (Wildman–Crippen MR) is 61.5 cm³/mol. The summed E-state index contributed by atoms with van der Waals surface area (Å²) in [5.74, 6) is 2.50. The van der Waals surface area contributed by atoms with E-state index in [1.54, 1.807) is 7.11 Å². The molecule has 84 valence electrons. The van der Waals surface area contributed by atoms with Crippen LogP contribution < -0.4 is 4.74 Å². The molecule has 1 N–H and O–H groups in total. The van der Waals surface area contributed by atoms with Gasteiger partial charge >= 0.3 is 0 Å². The summed E-state index contributed by atoms with van der Waals surface area (Å²) in [4.78, 5) is 12.1. The molecule has 4 nitrogen and oxygen atoms in total. The summed E-state index contributed by atoms with van der Waals surface area (Å²) in [7, 11) is 1.62. The van der Waals surface area contributed by atoms with Crippen LogP contribution in [0.25, 0.3) is 11.2 Å². The lowest BCUT2D eigenvalue weighted by atomic mass is 9.83. The Balaban J connectivity index is 1.89. The van der Waals surface area contributed by atoms with Gasteiger partial charge in [-0.15, -0.1) is 0 Å². The molecule has 0 atom stereocenters. The number of hydrogen-bond donors (Lipinski definition) is 1. The Morgan fingerprint density at radius 2 is 2.25 bits per heavy atom. The van der Waals surface area contributed by atoms with Crippen molar-refractivity contribution < 1.29 is 4.74 Å². The van der Waals surface area contributed by atoms with E-state index in [1.165, 1.54) is 19.3 Å². The minimum Gasteiger partial charge on any atom is -0.481 e. The second kappa shape index (κ2) is 3.77.